The normalized spacial score (nSPS) is 27.2. The minimum Gasteiger partial charge on any atom is -0.467 e. The Bertz CT molecular complexity index is 1140. The van der Waals surface area contributed by atoms with E-state index in [1.807, 2.05) is 19.1 Å². The molecule has 4 saturated carbocycles. The third kappa shape index (κ3) is 5.55. The number of methoxy groups -OCH3 is 2. The summed E-state index contributed by atoms with van der Waals surface area (Å²) in [6.07, 6.45) is 6.33. The SMILES string of the molecule is COC(=O)c1ccc(C#CC(O)c2ccc(OCOC(C)OC)c(C34CC5CC(CC(C5)C3)C4)c2)cc1. The van der Waals surface area contributed by atoms with E-state index in [9.17, 15) is 9.90 Å². The molecule has 4 aliphatic rings. The number of esters is 1. The summed E-state index contributed by atoms with van der Waals surface area (Å²) in [4.78, 5) is 11.7. The number of carbonyl (C=O) groups is 1. The molecule has 0 amide bonds. The van der Waals surface area contributed by atoms with Gasteiger partial charge in [0.2, 0.25) is 0 Å². The van der Waals surface area contributed by atoms with E-state index in [2.05, 4.69) is 17.9 Å². The Balaban J connectivity index is 1.40. The largest absolute Gasteiger partial charge is 0.467 e. The molecule has 0 saturated heterocycles. The number of aliphatic hydroxyl groups is 1. The molecule has 4 bridgehead atoms. The van der Waals surface area contributed by atoms with Gasteiger partial charge in [0, 0.05) is 18.2 Å². The Hall–Kier alpha value is -2.85. The van der Waals surface area contributed by atoms with Crippen molar-refractivity contribution in [1.29, 1.82) is 0 Å². The van der Waals surface area contributed by atoms with Crippen LogP contribution in [0.2, 0.25) is 0 Å². The number of hydrogen-bond donors (Lipinski definition) is 1. The monoisotopic (exact) mass is 504 g/mol. The first-order chi connectivity index (χ1) is 17.9. The van der Waals surface area contributed by atoms with Gasteiger partial charge in [0.05, 0.1) is 12.7 Å². The molecule has 6 heteroatoms. The molecule has 2 aromatic rings. The minimum atomic E-state index is -0.938. The average Bonchev–Trinajstić information content (AvgIpc) is 2.90. The summed E-state index contributed by atoms with van der Waals surface area (Å²) in [5.41, 5.74) is 3.22. The van der Waals surface area contributed by atoms with Crippen LogP contribution in [0.5, 0.6) is 5.75 Å². The summed E-state index contributed by atoms with van der Waals surface area (Å²) in [7, 11) is 2.96. The lowest BCUT2D eigenvalue weighted by molar-refractivity contribution is -0.150. The van der Waals surface area contributed by atoms with Crippen LogP contribution in [0.25, 0.3) is 0 Å². The summed E-state index contributed by atoms with van der Waals surface area (Å²) >= 11 is 0. The highest BCUT2D eigenvalue weighted by Crippen LogP contribution is 2.62. The van der Waals surface area contributed by atoms with Crippen molar-refractivity contribution in [2.24, 2.45) is 17.8 Å². The molecule has 2 unspecified atom stereocenters. The third-order valence-electron chi connectivity index (χ3n) is 8.44. The fourth-order valence-corrected chi connectivity index (χ4v) is 7.00. The zero-order chi connectivity index (χ0) is 26.0. The second-order valence-corrected chi connectivity index (χ2v) is 10.9. The number of ether oxygens (including phenoxy) is 4. The van der Waals surface area contributed by atoms with Gasteiger partial charge in [-0.3, -0.25) is 0 Å². The maximum absolute atomic E-state index is 11.7. The van der Waals surface area contributed by atoms with Gasteiger partial charge in [0.25, 0.3) is 0 Å². The lowest BCUT2D eigenvalue weighted by Crippen LogP contribution is -2.48. The fraction of sp³-hybridized carbons (Fsp3) is 0.516. The zero-order valence-electron chi connectivity index (χ0n) is 21.9. The topological polar surface area (TPSA) is 74.2 Å². The number of carbonyl (C=O) groups excluding carboxylic acids is 1. The Labute approximate surface area is 219 Å². The highest BCUT2D eigenvalue weighted by molar-refractivity contribution is 5.89. The van der Waals surface area contributed by atoms with E-state index in [1.165, 1.54) is 51.2 Å². The highest BCUT2D eigenvalue weighted by atomic mass is 16.7. The van der Waals surface area contributed by atoms with E-state index in [-0.39, 0.29) is 24.5 Å². The van der Waals surface area contributed by atoms with Crippen LogP contribution in [0, 0.1) is 29.6 Å². The smallest absolute Gasteiger partial charge is 0.337 e. The van der Waals surface area contributed by atoms with E-state index < -0.39 is 6.10 Å². The molecule has 0 spiro atoms. The summed E-state index contributed by atoms with van der Waals surface area (Å²) in [6, 6.07) is 12.8. The maximum atomic E-state index is 11.7. The lowest BCUT2D eigenvalue weighted by Gasteiger charge is -2.57. The van der Waals surface area contributed by atoms with Crippen molar-refractivity contribution < 1.29 is 28.8 Å². The van der Waals surface area contributed by atoms with Gasteiger partial charge in [-0.2, -0.15) is 0 Å². The minimum absolute atomic E-state index is 0.0871. The van der Waals surface area contributed by atoms with Gasteiger partial charge >= 0.3 is 5.97 Å². The first-order valence-electron chi connectivity index (χ1n) is 13.2. The van der Waals surface area contributed by atoms with Crippen molar-refractivity contribution in [2.45, 2.75) is 63.3 Å². The van der Waals surface area contributed by atoms with E-state index >= 15 is 0 Å². The molecule has 0 radical (unpaired) electrons. The first kappa shape index (κ1) is 25.8. The Morgan fingerprint density at radius 2 is 1.68 bits per heavy atom. The molecule has 4 aliphatic carbocycles. The molecule has 6 nitrogen and oxygen atoms in total. The zero-order valence-corrected chi connectivity index (χ0v) is 21.9. The van der Waals surface area contributed by atoms with E-state index in [4.69, 9.17) is 18.9 Å². The molecule has 196 valence electrons. The number of rotatable bonds is 8. The summed E-state index contributed by atoms with van der Waals surface area (Å²) in [5, 5.41) is 11.0. The summed E-state index contributed by atoms with van der Waals surface area (Å²) in [5.74, 6) is 8.79. The van der Waals surface area contributed by atoms with Crippen LogP contribution in [0.15, 0.2) is 42.5 Å². The van der Waals surface area contributed by atoms with Crippen LogP contribution < -0.4 is 4.74 Å². The van der Waals surface area contributed by atoms with E-state index in [0.29, 0.717) is 5.56 Å². The average molecular weight is 505 g/mol. The molecule has 37 heavy (non-hydrogen) atoms. The van der Waals surface area contributed by atoms with Crippen molar-refractivity contribution in [3.63, 3.8) is 0 Å². The van der Waals surface area contributed by atoms with Crippen molar-refractivity contribution >= 4 is 5.97 Å². The fourth-order valence-electron chi connectivity index (χ4n) is 7.00. The molecule has 0 heterocycles. The molecule has 2 aromatic carbocycles. The van der Waals surface area contributed by atoms with Gasteiger partial charge in [-0.15, -0.1) is 0 Å². The molecular weight excluding hydrogens is 468 g/mol. The lowest BCUT2D eigenvalue weighted by atomic mass is 9.48. The van der Waals surface area contributed by atoms with Gasteiger partial charge in [-0.1, -0.05) is 17.9 Å². The van der Waals surface area contributed by atoms with Crippen LogP contribution in [0.3, 0.4) is 0 Å². The molecule has 6 rings (SSSR count). The van der Waals surface area contributed by atoms with Crippen molar-refractivity contribution in [1.82, 2.24) is 0 Å². The molecule has 0 aliphatic heterocycles. The van der Waals surface area contributed by atoms with Crippen molar-refractivity contribution in [3.8, 4) is 17.6 Å². The standard InChI is InChI=1S/C31H36O6/c1-20(34-2)36-19-37-29-11-9-26(28(32)10-6-21-4-7-25(8-5-21)30(33)35-3)15-27(29)31-16-22-12-23(17-31)14-24(13-22)18-31/h4-5,7-9,11,15,20,22-24,28,32H,12-14,16-19H2,1-3H3. The van der Waals surface area contributed by atoms with Crippen LogP contribution in [-0.2, 0) is 19.6 Å². The van der Waals surface area contributed by atoms with E-state index in [1.54, 1.807) is 31.4 Å². The van der Waals surface area contributed by atoms with Crippen LogP contribution in [0.4, 0.5) is 0 Å². The van der Waals surface area contributed by atoms with Crippen LogP contribution >= 0.6 is 0 Å². The maximum Gasteiger partial charge on any atom is 0.337 e. The molecule has 2 atom stereocenters. The second-order valence-electron chi connectivity index (χ2n) is 10.9. The van der Waals surface area contributed by atoms with Gasteiger partial charge in [-0.25, -0.2) is 4.79 Å². The van der Waals surface area contributed by atoms with Crippen molar-refractivity contribution in [2.75, 3.05) is 21.0 Å². The predicted molar refractivity (Wildman–Crippen MR) is 139 cm³/mol. The summed E-state index contributed by atoms with van der Waals surface area (Å²) < 4.78 is 21.7. The van der Waals surface area contributed by atoms with Gasteiger partial charge in [0.15, 0.2) is 13.1 Å². The van der Waals surface area contributed by atoms with Gasteiger partial charge < -0.3 is 24.1 Å². The molecule has 4 fully saturated rings. The van der Waals surface area contributed by atoms with Gasteiger partial charge in [-0.05, 0) is 111 Å². The van der Waals surface area contributed by atoms with E-state index in [0.717, 1.165) is 34.6 Å². The molecular formula is C31H36O6. The van der Waals surface area contributed by atoms with Crippen molar-refractivity contribution in [3.05, 3.63) is 64.7 Å². The predicted octanol–water partition coefficient (Wildman–Crippen LogP) is 5.37. The molecule has 0 aromatic heterocycles. The first-order valence-corrected chi connectivity index (χ1v) is 13.2. The number of hydrogen-bond acceptors (Lipinski definition) is 6. The number of benzene rings is 2. The quantitative estimate of drug-likeness (QED) is 0.296. The van der Waals surface area contributed by atoms with Crippen LogP contribution in [-0.4, -0.2) is 38.4 Å². The highest BCUT2D eigenvalue weighted by Gasteiger charge is 2.52. The molecule has 1 N–H and O–H groups in total. The Kier molecular flexibility index (Phi) is 7.57. The second kappa shape index (κ2) is 10.9. The summed E-state index contributed by atoms with van der Waals surface area (Å²) in [6.45, 7) is 1.95. The third-order valence-corrected chi connectivity index (χ3v) is 8.44. The Morgan fingerprint density at radius 1 is 1.03 bits per heavy atom. The van der Waals surface area contributed by atoms with Crippen LogP contribution in [0.1, 0.15) is 78.6 Å². The van der Waals surface area contributed by atoms with Gasteiger partial charge in [0.1, 0.15) is 11.9 Å². The Morgan fingerprint density at radius 3 is 2.27 bits per heavy atom. The number of aliphatic hydroxyl groups excluding tert-OH is 1.